The van der Waals surface area contributed by atoms with E-state index in [1.54, 1.807) is 6.07 Å². The SMILES string of the molecule is NC1=CS(=O)(=O)Nc2cccc(-c3ccccc3)c21. The van der Waals surface area contributed by atoms with Gasteiger partial charge >= 0.3 is 0 Å². The number of benzene rings is 2. The number of hydrogen-bond acceptors (Lipinski definition) is 3. The fraction of sp³-hybridized carbons (Fsp3) is 0. The Kier molecular flexibility index (Phi) is 2.57. The molecular weight excluding hydrogens is 260 g/mol. The molecule has 1 heterocycles. The van der Waals surface area contributed by atoms with Crippen molar-refractivity contribution in [3.05, 3.63) is 59.5 Å². The van der Waals surface area contributed by atoms with Gasteiger partial charge in [-0.3, -0.25) is 4.72 Å². The van der Waals surface area contributed by atoms with E-state index in [-0.39, 0.29) is 5.70 Å². The number of nitrogens with one attached hydrogen (secondary N) is 1. The first-order valence-corrected chi connectivity index (χ1v) is 7.30. The smallest absolute Gasteiger partial charge is 0.257 e. The van der Waals surface area contributed by atoms with Crippen molar-refractivity contribution in [1.82, 2.24) is 0 Å². The summed E-state index contributed by atoms with van der Waals surface area (Å²) in [6.45, 7) is 0. The molecule has 0 aliphatic carbocycles. The maximum absolute atomic E-state index is 11.6. The number of anilines is 1. The standard InChI is InChI=1S/C14H12N2O2S/c15-12-9-19(17,18)16-13-8-4-7-11(14(12)13)10-5-2-1-3-6-10/h1-9,16H,15H2. The highest BCUT2D eigenvalue weighted by Gasteiger charge is 2.22. The Bertz CT molecular complexity index is 765. The summed E-state index contributed by atoms with van der Waals surface area (Å²) in [5.74, 6) is 0. The minimum Gasteiger partial charge on any atom is -0.398 e. The van der Waals surface area contributed by atoms with Crippen LogP contribution in [0.15, 0.2) is 53.9 Å². The van der Waals surface area contributed by atoms with Crippen LogP contribution in [0.1, 0.15) is 5.56 Å². The van der Waals surface area contributed by atoms with E-state index in [0.717, 1.165) is 22.1 Å². The lowest BCUT2D eigenvalue weighted by Crippen LogP contribution is -2.19. The Morgan fingerprint density at radius 3 is 2.42 bits per heavy atom. The summed E-state index contributed by atoms with van der Waals surface area (Å²) in [7, 11) is -3.48. The largest absolute Gasteiger partial charge is 0.398 e. The topological polar surface area (TPSA) is 72.2 Å². The normalized spacial score (nSPS) is 16.1. The summed E-state index contributed by atoms with van der Waals surface area (Å²) < 4.78 is 25.7. The summed E-state index contributed by atoms with van der Waals surface area (Å²) in [6, 6.07) is 15.2. The van der Waals surface area contributed by atoms with E-state index < -0.39 is 10.0 Å². The van der Waals surface area contributed by atoms with Crippen molar-refractivity contribution in [2.24, 2.45) is 5.73 Å². The van der Waals surface area contributed by atoms with Gasteiger partial charge in [0.1, 0.15) is 0 Å². The van der Waals surface area contributed by atoms with Crippen molar-refractivity contribution in [2.45, 2.75) is 0 Å². The van der Waals surface area contributed by atoms with Crippen LogP contribution in [0.25, 0.3) is 16.8 Å². The first-order chi connectivity index (χ1) is 9.07. The van der Waals surface area contributed by atoms with E-state index in [0.29, 0.717) is 5.69 Å². The average molecular weight is 272 g/mol. The summed E-state index contributed by atoms with van der Waals surface area (Å²) in [5, 5.41) is 1.06. The third-order valence-electron chi connectivity index (χ3n) is 2.97. The van der Waals surface area contributed by atoms with E-state index in [9.17, 15) is 8.42 Å². The molecular formula is C14H12N2O2S. The van der Waals surface area contributed by atoms with Crippen molar-refractivity contribution in [2.75, 3.05) is 4.72 Å². The Hall–Kier alpha value is -2.27. The lowest BCUT2D eigenvalue weighted by Gasteiger charge is -2.20. The fourth-order valence-corrected chi connectivity index (χ4v) is 3.20. The van der Waals surface area contributed by atoms with Gasteiger partial charge in [-0.25, -0.2) is 8.42 Å². The fourth-order valence-electron chi connectivity index (χ4n) is 2.22. The number of rotatable bonds is 1. The van der Waals surface area contributed by atoms with E-state index in [1.807, 2.05) is 42.5 Å². The van der Waals surface area contributed by atoms with Crippen LogP contribution >= 0.6 is 0 Å². The van der Waals surface area contributed by atoms with Crippen LogP contribution in [0, 0.1) is 0 Å². The molecule has 0 amide bonds. The zero-order chi connectivity index (χ0) is 13.5. The molecule has 0 radical (unpaired) electrons. The van der Waals surface area contributed by atoms with Crippen LogP contribution < -0.4 is 10.5 Å². The van der Waals surface area contributed by atoms with Crippen LogP contribution in [0.2, 0.25) is 0 Å². The van der Waals surface area contributed by atoms with Crippen molar-refractivity contribution in [1.29, 1.82) is 0 Å². The van der Waals surface area contributed by atoms with E-state index in [4.69, 9.17) is 5.73 Å². The number of nitrogens with two attached hydrogens (primary N) is 1. The molecule has 0 atom stereocenters. The highest BCUT2D eigenvalue weighted by molar-refractivity contribution is 7.95. The molecule has 0 unspecified atom stereocenters. The Labute approximate surface area is 111 Å². The Morgan fingerprint density at radius 2 is 1.68 bits per heavy atom. The zero-order valence-corrected chi connectivity index (χ0v) is 10.8. The van der Waals surface area contributed by atoms with Gasteiger partial charge in [0.2, 0.25) is 0 Å². The van der Waals surface area contributed by atoms with Crippen LogP contribution in [-0.2, 0) is 10.0 Å². The molecule has 0 bridgehead atoms. The van der Waals surface area contributed by atoms with Gasteiger partial charge in [-0.15, -0.1) is 0 Å². The minimum absolute atomic E-state index is 0.258. The van der Waals surface area contributed by atoms with Gasteiger partial charge in [0, 0.05) is 5.56 Å². The van der Waals surface area contributed by atoms with Crippen molar-refractivity contribution in [3.8, 4) is 11.1 Å². The van der Waals surface area contributed by atoms with Gasteiger partial charge in [0.05, 0.1) is 16.8 Å². The van der Waals surface area contributed by atoms with Crippen LogP contribution in [-0.4, -0.2) is 8.42 Å². The second kappa shape index (κ2) is 4.13. The van der Waals surface area contributed by atoms with Crippen LogP contribution in [0.5, 0.6) is 0 Å². The van der Waals surface area contributed by atoms with Crippen LogP contribution in [0.3, 0.4) is 0 Å². The molecule has 0 saturated heterocycles. The van der Waals surface area contributed by atoms with Gasteiger partial charge in [0.25, 0.3) is 10.0 Å². The summed E-state index contributed by atoms with van der Waals surface area (Å²) in [4.78, 5) is 0. The van der Waals surface area contributed by atoms with Gasteiger partial charge in [0.15, 0.2) is 0 Å². The highest BCUT2D eigenvalue weighted by Crippen LogP contribution is 2.36. The monoisotopic (exact) mass is 272 g/mol. The molecule has 19 heavy (non-hydrogen) atoms. The average Bonchev–Trinajstić information content (AvgIpc) is 2.37. The third kappa shape index (κ3) is 2.08. The Morgan fingerprint density at radius 1 is 0.947 bits per heavy atom. The molecule has 2 aromatic carbocycles. The first-order valence-electron chi connectivity index (χ1n) is 5.76. The van der Waals surface area contributed by atoms with Gasteiger partial charge < -0.3 is 5.73 Å². The van der Waals surface area contributed by atoms with E-state index in [1.165, 1.54) is 0 Å². The predicted molar refractivity (Wildman–Crippen MR) is 76.6 cm³/mol. The molecule has 5 heteroatoms. The maximum Gasteiger partial charge on any atom is 0.257 e. The molecule has 4 nitrogen and oxygen atoms in total. The Balaban J connectivity index is 2.27. The number of hydrogen-bond donors (Lipinski definition) is 2. The minimum atomic E-state index is -3.48. The molecule has 3 rings (SSSR count). The predicted octanol–water partition coefficient (Wildman–Crippen LogP) is 2.37. The maximum atomic E-state index is 11.6. The number of fused-ring (bicyclic) bond motifs is 1. The lowest BCUT2D eigenvalue weighted by atomic mass is 9.97. The van der Waals surface area contributed by atoms with Crippen molar-refractivity contribution in [3.63, 3.8) is 0 Å². The lowest BCUT2D eigenvalue weighted by molar-refractivity contribution is 0.609. The molecule has 1 aliphatic heterocycles. The molecule has 2 aromatic rings. The van der Waals surface area contributed by atoms with Gasteiger partial charge in [-0.05, 0) is 17.2 Å². The highest BCUT2D eigenvalue weighted by atomic mass is 32.2. The number of sulfonamides is 1. The molecule has 0 saturated carbocycles. The molecule has 1 aliphatic rings. The molecule has 0 spiro atoms. The first kappa shape index (κ1) is 11.8. The summed E-state index contributed by atoms with van der Waals surface area (Å²) in [5.41, 5.74) is 9.31. The summed E-state index contributed by atoms with van der Waals surface area (Å²) >= 11 is 0. The van der Waals surface area contributed by atoms with E-state index >= 15 is 0 Å². The van der Waals surface area contributed by atoms with Crippen molar-refractivity contribution < 1.29 is 8.42 Å². The molecule has 0 aromatic heterocycles. The van der Waals surface area contributed by atoms with Crippen LogP contribution in [0.4, 0.5) is 5.69 Å². The molecule has 96 valence electrons. The third-order valence-corrected chi connectivity index (χ3v) is 4.04. The molecule has 0 fully saturated rings. The van der Waals surface area contributed by atoms with Gasteiger partial charge in [-0.1, -0.05) is 42.5 Å². The summed E-state index contributed by atoms with van der Waals surface area (Å²) in [6.07, 6.45) is 0. The quantitative estimate of drug-likeness (QED) is 0.837. The molecule has 3 N–H and O–H groups in total. The second-order valence-electron chi connectivity index (χ2n) is 4.31. The second-order valence-corrected chi connectivity index (χ2v) is 5.84. The van der Waals surface area contributed by atoms with E-state index in [2.05, 4.69) is 4.72 Å². The zero-order valence-electron chi connectivity index (χ0n) is 10.00. The van der Waals surface area contributed by atoms with Gasteiger partial charge in [-0.2, -0.15) is 0 Å². The van der Waals surface area contributed by atoms with Crippen molar-refractivity contribution >= 4 is 21.4 Å².